The minimum Gasteiger partial charge on any atom is -0.235 e. The lowest BCUT2D eigenvalue weighted by Gasteiger charge is -1.93. The Bertz CT molecular complexity index is 364. The first-order valence-electron chi connectivity index (χ1n) is 3.69. The molecule has 0 amide bonds. The molecule has 2 aromatic heterocycles. The summed E-state index contributed by atoms with van der Waals surface area (Å²) in [5.41, 5.74) is 2.07. The van der Waals surface area contributed by atoms with E-state index in [1.807, 2.05) is 22.8 Å². The predicted octanol–water partition coefficient (Wildman–Crippen LogP) is 1.29. The van der Waals surface area contributed by atoms with Crippen molar-refractivity contribution < 1.29 is 0 Å². The van der Waals surface area contributed by atoms with Crippen LogP contribution in [0, 0.1) is 0 Å². The van der Waals surface area contributed by atoms with Gasteiger partial charge in [-0.25, -0.2) is 9.50 Å². The van der Waals surface area contributed by atoms with Crippen molar-refractivity contribution in [2.24, 2.45) is 0 Å². The second-order valence-corrected chi connectivity index (χ2v) is 2.40. The van der Waals surface area contributed by atoms with E-state index in [0.29, 0.717) is 0 Å². The van der Waals surface area contributed by atoms with E-state index in [9.17, 15) is 0 Å². The fraction of sp³-hybridized carbons (Fsp3) is 0.250. The van der Waals surface area contributed by atoms with E-state index in [4.69, 9.17) is 0 Å². The zero-order valence-electron chi connectivity index (χ0n) is 6.36. The van der Waals surface area contributed by atoms with Crippen molar-refractivity contribution in [2.45, 2.75) is 13.3 Å². The number of imidazole rings is 1. The molecule has 11 heavy (non-hydrogen) atoms. The zero-order chi connectivity index (χ0) is 7.68. The standard InChI is InChI=1S/C8H9N3/c1-2-7-6-9-8-4-3-5-10-11(7)8/h3-6H,2H2,1H3. The van der Waals surface area contributed by atoms with Gasteiger partial charge >= 0.3 is 0 Å². The molecule has 2 rings (SSSR count). The summed E-state index contributed by atoms with van der Waals surface area (Å²) in [6.45, 7) is 2.10. The first-order valence-corrected chi connectivity index (χ1v) is 3.69. The van der Waals surface area contributed by atoms with Crippen molar-refractivity contribution in [3.8, 4) is 0 Å². The fourth-order valence-corrected chi connectivity index (χ4v) is 1.12. The van der Waals surface area contributed by atoms with Gasteiger partial charge in [0.25, 0.3) is 0 Å². The highest BCUT2D eigenvalue weighted by molar-refractivity contribution is 5.37. The molecule has 0 aliphatic heterocycles. The highest BCUT2D eigenvalue weighted by Crippen LogP contribution is 2.03. The molecular weight excluding hydrogens is 138 g/mol. The Labute approximate surface area is 64.7 Å². The normalized spacial score (nSPS) is 10.6. The molecule has 0 fully saturated rings. The van der Waals surface area contributed by atoms with E-state index in [0.717, 1.165) is 17.8 Å². The van der Waals surface area contributed by atoms with Crippen LogP contribution in [0.3, 0.4) is 0 Å². The molecule has 0 aromatic carbocycles. The van der Waals surface area contributed by atoms with Gasteiger partial charge in [0.15, 0.2) is 5.65 Å². The topological polar surface area (TPSA) is 30.2 Å². The van der Waals surface area contributed by atoms with Crippen LogP contribution in [-0.4, -0.2) is 14.6 Å². The van der Waals surface area contributed by atoms with E-state index in [-0.39, 0.29) is 0 Å². The van der Waals surface area contributed by atoms with Crippen molar-refractivity contribution >= 4 is 5.65 Å². The second kappa shape index (κ2) is 2.34. The maximum atomic E-state index is 4.19. The molecule has 3 nitrogen and oxygen atoms in total. The largest absolute Gasteiger partial charge is 0.235 e. The number of nitrogens with zero attached hydrogens (tertiary/aromatic N) is 3. The van der Waals surface area contributed by atoms with Crippen molar-refractivity contribution in [1.82, 2.24) is 14.6 Å². The van der Waals surface area contributed by atoms with Gasteiger partial charge in [0, 0.05) is 6.20 Å². The number of hydrogen-bond acceptors (Lipinski definition) is 2. The molecule has 0 atom stereocenters. The lowest BCUT2D eigenvalue weighted by Crippen LogP contribution is -1.93. The van der Waals surface area contributed by atoms with Crippen LogP contribution in [0.4, 0.5) is 0 Å². The average molecular weight is 147 g/mol. The summed E-state index contributed by atoms with van der Waals surface area (Å²) >= 11 is 0. The highest BCUT2D eigenvalue weighted by atomic mass is 15.2. The van der Waals surface area contributed by atoms with Crippen molar-refractivity contribution in [1.29, 1.82) is 0 Å². The summed E-state index contributed by atoms with van der Waals surface area (Å²) in [6, 6.07) is 3.84. The molecule has 0 spiro atoms. The van der Waals surface area contributed by atoms with E-state index in [1.54, 1.807) is 6.20 Å². The quantitative estimate of drug-likeness (QED) is 0.608. The predicted molar refractivity (Wildman–Crippen MR) is 42.4 cm³/mol. The maximum Gasteiger partial charge on any atom is 0.153 e. The third-order valence-corrected chi connectivity index (χ3v) is 1.71. The van der Waals surface area contributed by atoms with Gasteiger partial charge in [0.2, 0.25) is 0 Å². The Hall–Kier alpha value is -1.38. The molecular formula is C8H9N3. The van der Waals surface area contributed by atoms with Crippen LogP contribution in [0.5, 0.6) is 0 Å². The van der Waals surface area contributed by atoms with Crippen LogP contribution in [-0.2, 0) is 6.42 Å². The molecule has 0 saturated heterocycles. The van der Waals surface area contributed by atoms with Gasteiger partial charge in [-0.1, -0.05) is 6.92 Å². The van der Waals surface area contributed by atoms with Crippen LogP contribution in [0.2, 0.25) is 0 Å². The molecule has 3 heteroatoms. The summed E-state index contributed by atoms with van der Waals surface area (Å²) in [6.07, 6.45) is 4.61. The van der Waals surface area contributed by atoms with Crippen molar-refractivity contribution in [2.75, 3.05) is 0 Å². The molecule has 0 bridgehead atoms. The second-order valence-electron chi connectivity index (χ2n) is 2.40. The fourth-order valence-electron chi connectivity index (χ4n) is 1.12. The Morgan fingerprint density at radius 2 is 2.45 bits per heavy atom. The minimum atomic E-state index is 0.921. The maximum absolute atomic E-state index is 4.19. The lowest BCUT2D eigenvalue weighted by molar-refractivity contribution is 0.859. The molecule has 2 heterocycles. The number of fused-ring (bicyclic) bond motifs is 1. The Morgan fingerprint density at radius 3 is 3.27 bits per heavy atom. The van der Waals surface area contributed by atoms with Gasteiger partial charge in [-0.2, -0.15) is 5.10 Å². The van der Waals surface area contributed by atoms with Crippen LogP contribution >= 0.6 is 0 Å². The van der Waals surface area contributed by atoms with Crippen LogP contribution in [0.1, 0.15) is 12.6 Å². The molecule has 0 aliphatic rings. The summed E-state index contributed by atoms with van der Waals surface area (Å²) in [7, 11) is 0. The molecule has 56 valence electrons. The summed E-state index contributed by atoms with van der Waals surface area (Å²) in [4.78, 5) is 4.19. The number of hydrogen-bond donors (Lipinski definition) is 0. The number of aromatic nitrogens is 3. The first-order chi connectivity index (χ1) is 5.42. The number of rotatable bonds is 1. The van der Waals surface area contributed by atoms with Crippen molar-refractivity contribution in [3.05, 3.63) is 30.2 Å². The zero-order valence-corrected chi connectivity index (χ0v) is 6.36. The average Bonchev–Trinajstić information content (AvgIpc) is 2.47. The van der Waals surface area contributed by atoms with Crippen LogP contribution in [0.25, 0.3) is 5.65 Å². The third-order valence-electron chi connectivity index (χ3n) is 1.71. The van der Waals surface area contributed by atoms with Crippen LogP contribution < -0.4 is 0 Å². The van der Waals surface area contributed by atoms with E-state index >= 15 is 0 Å². The van der Waals surface area contributed by atoms with Gasteiger partial charge < -0.3 is 0 Å². The minimum absolute atomic E-state index is 0.921. The molecule has 0 saturated carbocycles. The van der Waals surface area contributed by atoms with Gasteiger partial charge in [0.05, 0.1) is 11.9 Å². The SMILES string of the molecule is CCc1cnc2cccnn12. The third kappa shape index (κ3) is 0.888. The molecule has 0 aliphatic carbocycles. The monoisotopic (exact) mass is 147 g/mol. The van der Waals surface area contributed by atoms with E-state index in [1.165, 1.54) is 0 Å². The molecule has 0 radical (unpaired) electrons. The van der Waals surface area contributed by atoms with Crippen molar-refractivity contribution in [3.63, 3.8) is 0 Å². The van der Waals surface area contributed by atoms with Gasteiger partial charge in [-0.15, -0.1) is 0 Å². The van der Waals surface area contributed by atoms with E-state index < -0.39 is 0 Å². The summed E-state index contributed by atoms with van der Waals surface area (Å²) in [5, 5.41) is 4.17. The van der Waals surface area contributed by atoms with Crippen LogP contribution in [0.15, 0.2) is 24.5 Å². The highest BCUT2D eigenvalue weighted by Gasteiger charge is 1.98. The Kier molecular flexibility index (Phi) is 1.35. The molecule has 2 aromatic rings. The smallest absolute Gasteiger partial charge is 0.153 e. The van der Waals surface area contributed by atoms with E-state index in [2.05, 4.69) is 17.0 Å². The molecule has 0 unspecified atom stereocenters. The van der Waals surface area contributed by atoms with Gasteiger partial charge in [0.1, 0.15) is 0 Å². The molecule has 0 N–H and O–H groups in total. The summed E-state index contributed by atoms with van der Waals surface area (Å²) < 4.78 is 1.86. The lowest BCUT2D eigenvalue weighted by atomic mass is 10.4. The number of aryl methyl sites for hydroxylation is 1. The Balaban J connectivity index is 2.76. The first kappa shape index (κ1) is 6.34. The Morgan fingerprint density at radius 1 is 1.55 bits per heavy atom. The van der Waals surface area contributed by atoms with Gasteiger partial charge in [-0.05, 0) is 18.6 Å². The summed E-state index contributed by atoms with van der Waals surface area (Å²) in [5.74, 6) is 0. The van der Waals surface area contributed by atoms with Gasteiger partial charge in [-0.3, -0.25) is 0 Å².